The Bertz CT molecular complexity index is 348. The molecule has 1 N–H and O–H groups in total. The third-order valence-electron chi connectivity index (χ3n) is 4.34. The van der Waals surface area contributed by atoms with Crippen LogP contribution in [0.4, 0.5) is 0 Å². The van der Waals surface area contributed by atoms with Gasteiger partial charge in [0.2, 0.25) is 0 Å². The maximum Gasteiger partial charge on any atom is 0.150 e. The Morgan fingerprint density at radius 2 is 2.06 bits per heavy atom. The topological polar surface area (TPSA) is 54.4 Å². The molecule has 0 heterocycles. The summed E-state index contributed by atoms with van der Waals surface area (Å²) in [4.78, 5) is 0. The first-order valence-corrected chi connectivity index (χ1v) is 9.03. The molecule has 0 aromatic rings. The lowest BCUT2D eigenvalue weighted by Crippen LogP contribution is -2.37. The van der Waals surface area contributed by atoms with Crippen LogP contribution in [-0.2, 0) is 9.84 Å². The number of sulfone groups is 1. The van der Waals surface area contributed by atoms with Gasteiger partial charge in [0.25, 0.3) is 0 Å². The Hall–Kier alpha value is -0.0900. The van der Waals surface area contributed by atoms with Crippen LogP contribution in [0.3, 0.4) is 0 Å². The molecule has 0 bridgehead atoms. The van der Waals surface area contributed by atoms with Gasteiger partial charge in [0, 0.05) is 5.75 Å². The van der Waals surface area contributed by atoms with E-state index < -0.39 is 15.4 Å². The van der Waals surface area contributed by atoms with Crippen LogP contribution in [0.1, 0.15) is 59.3 Å². The van der Waals surface area contributed by atoms with Crippen LogP contribution in [-0.4, -0.2) is 30.6 Å². The highest BCUT2D eigenvalue weighted by Gasteiger charge is 2.35. The molecule has 0 aromatic carbocycles. The third kappa shape index (κ3) is 4.88. The van der Waals surface area contributed by atoms with Gasteiger partial charge in [0.1, 0.15) is 9.84 Å². The van der Waals surface area contributed by atoms with E-state index in [2.05, 4.69) is 13.8 Å². The lowest BCUT2D eigenvalue weighted by atomic mass is 9.72. The van der Waals surface area contributed by atoms with E-state index in [1.807, 2.05) is 0 Å². The van der Waals surface area contributed by atoms with Gasteiger partial charge in [-0.2, -0.15) is 0 Å². The minimum absolute atomic E-state index is 0.208. The third-order valence-corrected chi connectivity index (χ3v) is 6.13. The quantitative estimate of drug-likeness (QED) is 0.811. The Morgan fingerprint density at radius 3 is 2.61 bits per heavy atom. The molecule has 1 aliphatic rings. The maximum atomic E-state index is 11.4. The highest BCUT2D eigenvalue weighted by atomic mass is 32.2. The van der Waals surface area contributed by atoms with Gasteiger partial charge >= 0.3 is 0 Å². The number of rotatable bonds is 6. The van der Waals surface area contributed by atoms with Crippen LogP contribution in [0, 0.1) is 11.8 Å². The molecule has 4 heteroatoms. The molecule has 0 aromatic heterocycles. The summed E-state index contributed by atoms with van der Waals surface area (Å²) in [5.41, 5.74) is -0.615. The zero-order chi connectivity index (χ0) is 13.8. The van der Waals surface area contributed by atoms with Crippen molar-refractivity contribution >= 4 is 9.84 Å². The highest BCUT2D eigenvalue weighted by Crippen LogP contribution is 2.38. The average Bonchev–Trinajstić information content (AvgIpc) is 2.28. The fourth-order valence-electron chi connectivity index (χ4n) is 2.95. The van der Waals surface area contributed by atoms with Crippen molar-refractivity contribution in [3.8, 4) is 0 Å². The summed E-state index contributed by atoms with van der Waals surface area (Å²) in [6.45, 7) is 6.09. The summed E-state index contributed by atoms with van der Waals surface area (Å²) in [7, 11) is -2.89. The molecule has 1 saturated carbocycles. The minimum Gasteiger partial charge on any atom is -0.390 e. The van der Waals surface area contributed by atoms with Gasteiger partial charge in [-0.05, 0) is 43.9 Å². The zero-order valence-electron chi connectivity index (χ0n) is 12.0. The molecule has 0 spiro atoms. The molecule has 0 aliphatic heterocycles. The second-order valence-corrected chi connectivity index (χ2v) is 8.64. The van der Waals surface area contributed by atoms with E-state index in [9.17, 15) is 13.5 Å². The van der Waals surface area contributed by atoms with Crippen molar-refractivity contribution in [1.82, 2.24) is 0 Å². The first kappa shape index (κ1) is 16.0. The molecule has 0 amide bonds. The predicted molar refractivity (Wildman–Crippen MR) is 75.3 cm³/mol. The second-order valence-electron chi connectivity index (χ2n) is 6.16. The smallest absolute Gasteiger partial charge is 0.150 e. The molecule has 108 valence electrons. The van der Waals surface area contributed by atoms with Crippen LogP contribution in [0.2, 0.25) is 0 Å². The fraction of sp³-hybridized carbons (Fsp3) is 1.00. The molecular weight excluding hydrogens is 248 g/mol. The van der Waals surface area contributed by atoms with Gasteiger partial charge in [-0.3, -0.25) is 0 Å². The maximum absolute atomic E-state index is 11.4. The summed E-state index contributed by atoms with van der Waals surface area (Å²) in [5.74, 6) is 1.63. The van der Waals surface area contributed by atoms with E-state index in [0.29, 0.717) is 24.7 Å². The summed E-state index contributed by atoms with van der Waals surface area (Å²) < 4.78 is 22.9. The van der Waals surface area contributed by atoms with Crippen molar-refractivity contribution in [2.24, 2.45) is 11.8 Å². The first-order valence-electron chi connectivity index (χ1n) is 7.21. The molecule has 18 heavy (non-hydrogen) atoms. The van der Waals surface area contributed by atoms with Gasteiger partial charge in [-0.1, -0.05) is 27.2 Å². The van der Waals surface area contributed by atoms with Gasteiger partial charge < -0.3 is 5.11 Å². The van der Waals surface area contributed by atoms with E-state index >= 15 is 0 Å². The molecule has 2 unspecified atom stereocenters. The van der Waals surface area contributed by atoms with E-state index in [1.165, 1.54) is 6.42 Å². The van der Waals surface area contributed by atoms with Crippen molar-refractivity contribution in [3.05, 3.63) is 0 Å². The summed E-state index contributed by atoms with van der Waals surface area (Å²) in [5, 5.41) is 10.6. The summed E-state index contributed by atoms with van der Waals surface area (Å²) >= 11 is 0. The Balaban J connectivity index is 2.45. The molecule has 1 aliphatic carbocycles. The van der Waals surface area contributed by atoms with E-state index in [1.54, 1.807) is 6.92 Å². The van der Waals surface area contributed by atoms with Crippen molar-refractivity contribution in [2.45, 2.75) is 64.9 Å². The lowest BCUT2D eigenvalue weighted by molar-refractivity contribution is -0.0313. The van der Waals surface area contributed by atoms with E-state index in [-0.39, 0.29) is 11.5 Å². The van der Waals surface area contributed by atoms with E-state index in [4.69, 9.17) is 0 Å². The van der Waals surface area contributed by atoms with Crippen LogP contribution < -0.4 is 0 Å². The zero-order valence-corrected chi connectivity index (χ0v) is 12.8. The normalized spacial score (nSPS) is 29.7. The summed E-state index contributed by atoms with van der Waals surface area (Å²) in [6, 6.07) is 0. The molecule has 1 fully saturated rings. The average molecular weight is 276 g/mol. The lowest BCUT2D eigenvalue weighted by Gasteiger charge is -2.38. The van der Waals surface area contributed by atoms with Crippen molar-refractivity contribution in [2.75, 3.05) is 11.5 Å². The predicted octanol–water partition coefficient (Wildman–Crippen LogP) is 2.78. The second kappa shape index (κ2) is 6.38. The SMILES string of the molecule is CCS(=O)(=O)CCCC1(O)CCCC(C(C)C)C1. The molecule has 1 rings (SSSR count). The van der Waals surface area contributed by atoms with Gasteiger partial charge in [-0.15, -0.1) is 0 Å². The minimum atomic E-state index is -2.89. The van der Waals surface area contributed by atoms with Gasteiger partial charge in [-0.25, -0.2) is 8.42 Å². The number of aliphatic hydroxyl groups is 1. The number of hydrogen-bond donors (Lipinski definition) is 1. The Morgan fingerprint density at radius 1 is 1.39 bits per heavy atom. The Labute approximate surface area is 112 Å². The van der Waals surface area contributed by atoms with Crippen molar-refractivity contribution in [1.29, 1.82) is 0 Å². The standard InChI is InChI=1S/C14H28O3S/c1-4-18(16,17)10-6-9-14(15)8-5-7-13(11-14)12(2)3/h12-13,15H,4-11H2,1-3H3. The molecule has 2 atom stereocenters. The fourth-order valence-corrected chi connectivity index (χ4v) is 3.82. The van der Waals surface area contributed by atoms with Gasteiger partial charge in [0.15, 0.2) is 0 Å². The van der Waals surface area contributed by atoms with E-state index in [0.717, 1.165) is 19.3 Å². The van der Waals surface area contributed by atoms with Crippen molar-refractivity contribution < 1.29 is 13.5 Å². The number of hydrogen-bond acceptors (Lipinski definition) is 3. The summed E-state index contributed by atoms with van der Waals surface area (Å²) in [6.07, 6.45) is 5.18. The molecule has 0 saturated heterocycles. The molecule has 3 nitrogen and oxygen atoms in total. The molecule has 0 radical (unpaired) electrons. The molecular formula is C14H28O3S. The monoisotopic (exact) mass is 276 g/mol. The van der Waals surface area contributed by atoms with Crippen molar-refractivity contribution in [3.63, 3.8) is 0 Å². The first-order chi connectivity index (χ1) is 8.28. The Kier molecular flexibility index (Phi) is 5.66. The van der Waals surface area contributed by atoms with Gasteiger partial charge in [0.05, 0.1) is 11.4 Å². The van der Waals surface area contributed by atoms with Crippen LogP contribution in [0.25, 0.3) is 0 Å². The largest absolute Gasteiger partial charge is 0.390 e. The van der Waals surface area contributed by atoms with Crippen LogP contribution in [0.5, 0.6) is 0 Å². The van der Waals surface area contributed by atoms with Crippen LogP contribution >= 0.6 is 0 Å². The van der Waals surface area contributed by atoms with Crippen LogP contribution in [0.15, 0.2) is 0 Å². The highest BCUT2D eigenvalue weighted by molar-refractivity contribution is 7.91.